The molecule has 0 aromatic carbocycles. The quantitative estimate of drug-likeness (QED) is 0.585. The van der Waals surface area contributed by atoms with Crippen LogP contribution < -0.4 is 21.9 Å². The van der Waals surface area contributed by atoms with Crippen molar-refractivity contribution in [1.29, 1.82) is 0 Å². The molecule has 9 heteroatoms. The molecule has 0 saturated heterocycles. The zero-order chi connectivity index (χ0) is 21.8. The molecule has 2 saturated carbocycles. The largest absolute Gasteiger partial charge is 0.456 e. The van der Waals surface area contributed by atoms with Gasteiger partial charge in [0.2, 0.25) is 0 Å². The van der Waals surface area contributed by atoms with Gasteiger partial charge in [0.1, 0.15) is 5.82 Å². The number of fused-ring (bicyclic) bond motifs is 2. The number of nitrogen functional groups attached to an aromatic ring is 1. The lowest BCUT2D eigenvalue weighted by Crippen LogP contribution is -2.42. The van der Waals surface area contributed by atoms with Gasteiger partial charge < -0.3 is 15.4 Å². The van der Waals surface area contributed by atoms with E-state index in [1.54, 1.807) is 6.92 Å². The number of amides is 1. The third-order valence-corrected chi connectivity index (χ3v) is 6.51. The number of carbonyl (C=O) groups excluding carboxylic acids is 2. The highest BCUT2D eigenvalue weighted by Gasteiger charge is 2.40. The molecule has 1 aromatic heterocycles. The van der Waals surface area contributed by atoms with E-state index < -0.39 is 23.8 Å². The SMILES string of the molecule is CCCCn1c(N)c(N(CC)C(=O)COC(=O)C[C@@H]2C[C@@H]3CC[C@@H]2C3)c(=O)[nH]c1=O. The van der Waals surface area contributed by atoms with E-state index in [-0.39, 0.29) is 24.0 Å². The number of unbranched alkanes of at least 4 members (excludes halogenated alkanes) is 1. The van der Waals surface area contributed by atoms with Crippen LogP contribution in [0.4, 0.5) is 11.5 Å². The van der Waals surface area contributed by atoms with Gasteiger partial charge in [-0.2, -0.15) is 0 Å². The van der Waals surface area contributed by atoms with Gasteiger partial charge in [-0.05, 0) is 50.4 Å². The summed E-state index contributed by atoms with van der Waals surface area (Å²) in [6.45, 7) is 3.70. The van der Waals surface area contributed by atoms with Gasteiger partial charge in [0.05, 0.1) is 0 Å². The minimum Gasteiger partial charge on any atom is -0.456 e. The minimum atomic E-state index is -0.728. The molecule has 0 aliphatic heterocycles. The van der Waals surface area contributed by atoms with Gasteiger partial charge in [-0.3, -0.25) is 23.9 Å². The summed E-state index contributed by atoms with van der Waals surface area (Å²) in [5.41, 5.74) is 4.67. The van der Waals surface area contributed by atoms with Crippen LogP contribution in [-0.4, -0.2) is 34.6 Å². The molecule has 1 amide bonds. The highest BCUT2D eigenvalue weighted by atomic mass is 16.5. The molecule has 9 nitrogen and oxygen atoms in total. The van der Waals surface area contributed by atoms with Gasteiger partial charge in [-0.1, -0.05) is 19.8 Å². The first kappa shape index (κ1) is 22.1. The Kier molecular flexibility index (Phi) is 6.99. The third kappa shape index (κ3) is 4.60. The number of nitrogens with zero attached hydrogens (tertiary/aromatic N) is 2. The Labute approximate surface area is 175 Å². The number of ether oxygens (including phenoxy) is 1. The molecular formula is C21H32N4O5. The van der Waals surface area contributed by atoms with Crippen LogP contribution >= 0.6 is 0 Å². The van der Waals surface area contributed by atoms with E-state index >= 15 is 0 Å². The number of H-pyrrole nitrogens is 1. The fourth-order valence-corrected chi connectivity index (χ4v) is 4.96. The summed E-state index contributed by atoms with van der Waals surface area (Å²) in [6, 6.07) is 0. The van der Waals surface area contributed by atoms with Crippen molar-refractivity contribution in [3.05, 3.63) is 20.8 Å². The second kappa shape index (κ2) is 9.49. The van der Waals surface area contributed by atoms with E-state index in [2.05, 4.69) is 4.98 Å². The lowest BCUT2D eigenvalue weighted by molar-refractivity contribution is -0.149. The first-order valence-corrected chi connectivity index (χ1v) is 10.9. The van der Waals surface area contributed by atoms with E-state index in [0.29, 0.717) is 31.2 Å². The normalized spacial score (nSPS) is 22.3. The number of likely N-dealkylation sites (N-methyl/N-ethyl adjacent to an activating group) is 1. The van der Waals surface area contributed by atoms with Crippen molar-refractivity contribution >= 4 is 23.4 Å². The molecular weight excluding hydrogens is 388 g/mol. The van der Waals surface area contributed by atoms with Gasteiger partial charge in [-0.25, -0.2) is 4.79 Å². The monoisotopic (exact) mass is 420 g/mol. The summed E-state index contributed by atoms with van der Waals surface area (Å²) < 4.78 is 6.49. The molecule has 0 spiro atoms. The molecule has 3 rings (SSSR count). The van der Waals surface area contributed by atoms with Crippen molar-refractivity contribution < 1.29 is 14.3 Å². The maximum absolute atomic E-state index is 12.7. The van der Waals surface area contributed by atoms with Gasteiger partial charge in [0, 0.05) is 19.5 Å². The van der Waals surface area contributed by atoms with Crippen molar-refractivity contribution in [1.82, 2.24) is 9.55 Å². The van der Waals surface area contributed by atoms with E-state index in [9.17, 15) is 19.2 Å². The van der Waals surface area contributed by atoms with Crippen molar-refractivity contribution in [3.63, 3.8) is 0 Å². The van der Waals surface area contributed by atoms with Crippen LogP contribution in [0.25, 0.3) is 0 Å². The van der Waals surface area contributed by atoms with Crippen LogP contribution in [0.3, 0.4) is 0 Å². The van der Waals surface area contributed by atoms with Crippen LogP contribution in [-0.2, 0) is 20.9 Å². The average molecular weight is 421 g/mol. The van der Waals surface area contributed by atoms with Gasteiger partial charge in [0.25, 0.3) is 11.5 Å². The van der Waals surface area contributed by atoms with E-state index in [1.807, 2.05) is 6.92 Å². The molecule has 1 aromatic rings. The van der Waals surface area contributed by atoms with Crippen molar-refractivity contribution in [2.24, 2.45) is 17.8 Å². The van der Waals surface area contributed by atoms with Gasteiger partial charge >= 0.3 is 11.7 Å². The average Bonchev–Trinajstić information content (AvgIpc) is 3.32. The van der Waals surface area contributed by atoms with Crippen LogP contribution in [0, 0.1) is 17.8 Å². The Balaban J connectivity index is 1.66. The van der Waals surface area contributed by atoms with Crippen molar-refractivity contribution in [2.75, 3.05) is 23.8 Å². The molecule has 3 atom stereocenters. The van der Waals surface area contributed by atoms with Crippen LogP contribution in [0.5, 0.6) is 0 Å². The van der Waals surface area contributed by atoms with E-state index in [4.69, 9.17) is 10.5 Å². The topological polar surface area (TPSA) is 127 Å². The summed E-state index contributed by atoms with van der Waals surface area (Å²) in [6.07, 6.45) is 6.60. The summed E-state index contributed by atoms with van der Waals surface area (Å²) in [5, 5.41) is 0. The van der Waals surface area contributed by atoms with Crippen molar-refractivity contribution in [3.8, 4) is 0 Å². The molecule has 2 aliphatic carbocycles. The van der Waals surface area contributed by atoms with E-state index in [1.165, 1.54) is 28.7 Å². The number of hydrogen-bond acceptors (Lipinski definition) is 6. The first-order valence-electron chi connectivity index (χ1n) is 10.9. The highest BCUT2D eigenvalue weighted by Crippen LogP contribution is 2.49. The zero-order valence-electron chi connectivity index (χ0n) is 17.8. The predicted molar refractivity (Wildman–Crippen MR) is 113 cm³/mol. The zero-order valence-corrected chi connectivity index (χ0v) is 17.8. The number of carbonyl (C=O) groups is 2. The van der Waals surface area contributed by atoms with E-state index in [0.717, 1.165) is 18.8 Å². The predicted octanol–water partition coefficient (Wildman–Crippen LogP) is 1.64. The molecule has 0 radical (unpaired) electrons. The summed E-state index contributed by atoms with van der Waals surface area (Å²) >= 11 is 0. The standard InChI is InChI=1S/C21H32N4O5/c1-3-5-8-25-19(22)18(20(28)23-21(25)29)24(4-2)16(26)12-30-17(27)11-15-10-13-6-7-14(15)9-13/h13-15H,3-12,22H2,1-2H3,(H,23,28,29)/t13-,14-,15+/m1/s1. The molecule has 2 aliphatic rings. The number of nitrogens with two attached hydrogens (primary N) is 1. The number of nitrogens with one attached hydrogen (secondary N) is 1. The van der Waals surface area contributed by atoms with Gasteiger partial charge in [0.15, 0.2) is 12.3 Å². The van der Waals surface area contributed by atoms with Crippen LogP contribution in [0.1, 0.15) is 58.8 Å². The molecule has 1 heterocycles. The van der Waals surface area contributed by atoms with Crippen LogP contribution in [0.2, 0.25) is 0 Å². The van der Waals surface area contributed by atoms with Gasteiger partial charge in [-0.15, -0.1) is 0 Å². The summed E-state index contributed by atoms with van der Waals surface area (Å²) in [4.78, 5) is 52.8. The number of aromatic nitrogens is 2. The Morgan fingerprint density at radius 2 is 2.00 bits per heavy atom. The summed E-state index contributed by atoms with van der Waals surface area (Å²) in [7, 11) is 0. The Bertz CT molecular complexity index is 906. The summed E-state index contributed by atoms with van der Waals surface area (Å²) in [5.74, 6) is 0.717. The smallest absolute Gasteiger partial charge is 0.330 e. The number of rotatable bonds is 9. The number of esters is 1. The first-order chi connectivity index (χ1) is 14.3. The molecule has 0 unspecified atom stereocenters. The lowest BCUT2D eigenvalue weighted by Gasteiger charge is -2.23. The number of anilines is 2. The third-order valence-electron chi connectivity index (χ3n) is 6.51. The number of aromatic amines is 1. The Hall–Kier alpha value is -2.58. The van der Waals surface area contributed by atoms with Crippen molar-refractivity contribution in [2.45, 2.75) is 65.3 Å². The molecule has 2 bridgehead atoms. The Morgan fingerprint density at radius 1 is 1.23 bits per heavy atom. The molecule has 166 valence electrons. The highest BCUT2D eigenvalue weighted by molar-refractivity contribution is 5.97. The maximum Gasteiger partial charge on any atom is 0.330 e. The Morgan fingerprint density at radius 3 is 2.60 bits per heavy atom. The molecule has 30 heavy (non-hydrogen) atoms. The fraction of sp³-hybridized carbons (Fsp3) is 0.714. The van der Waals surface area contributed by atoms with Crippen LogP contribution in [0.15, 0.2) is 9.59 Å². The second-order valence-electron chi connectivity index (χ2n) is 8.44. The maximum atomic E-state index is 12.7. The number of hydrogen-bond donors (Lipinski definition) is 2. The molecule has 2 fully saturated rings. The fourth-order valence-electron chi connectivity index (χ4n) is 4.96. The lowest BCUT2D eigenvalue weighted by atomic mass is 9.86. The second-order valence-corrected chi connectivity index (χ2v) is 8.44. The minimum absolute atomic E-state index is 0.0549. The molecule has 3 N–H and O–H groups in total.